The van der Waals surface area contributed by atoms with Gasteiger partial charge in [0.2, 0.25) is 10.0 Å². The van der Waals surface area contributed by atoms with Crippen molar-refractivity contribution in [1.82, 2.24) is 10.6 Å². The lowest BCUT2D eigenvalue weighted by molar-refractivity contribution is 0.600. The molecule has 0 unspecified atom stereocenters. The minimum Gasteiger partial charge on any atom is -0.356 e. The maximum absolute atomic E-state index is 11.3. The summed E-state index contributed by atoms with van der Waals surface area (Å²) in [5.41, 5.74) is 1.14. The van der Waals surface area contributed by atoms with Crippen molar-refractivity contribution >= 4 is 62.9 Å². The van der Waals surface area contributed by atoms with Crippen LogP contribution in [0, 0.1) is 0 Å². The molecule has 0 aliphatic carbocycles. The molecule has 138 valence electrons. The van der Waals surface area contributed by atoms with Gasteiger partial charge in [-0.3, -0.25) is 4.99 Å². The number of hydrogen-bond acceptors (Lipinski definition) is 4. The lowest BCUT2D eigenvalue weighted by Gasteiger charge is -2.11. The van der Waals surface area contributed by atoms with Gasteiger partial charge in [0.15, 0.2) is 5.96 Å². The molecule has 0 saturated heterocycles. The molecule has 0 spiro atoms. The van der Waals surface area contributed by atoms with Gasteiger partial charge in [-0.15, -0.1) is 35.3 Å². The van der Waals surface area contributed by atoms with Gasteiger partial charge < -0.3 is 10.6 Å². The number of benzene rings is 1. The number of sulfonamides is 1. The molecule has 2 rings (SSSR count). The highest BCUT2D eigenvalue weighted by atomic mass is 127. The SMILES string of the molecule is CN=C(NCCc1cccc(Cl)c1)NCc1ccc(S(N)(=O)=O)s1.I. The second kappa shape index (κ2) is 10.3. The first kappa shape index (κ1) is 22.2. The van der Waals surface area contributed by atoms with E-state index in [1.807, 2.05) is 24.3 Å². The van der Waals surface area contributed by atoms with E-state index >= 15 is 0 Å². The second-order valence-electron chi connectivity index (χ2n) is 5.00. The standard InChI is InChI=1S/C15H19ClN4O2S2.HI/c1-18-15(19-8-7-11-3-2-4-12(16)9-11)20-10-13-5-6-14(23-13)24(17,21)22;/h2-6,9H,7-8,10H2,1H3,(H2,17,21,22)(H2,18,19,20);1H. The van der Waals surface area contributed by atoms with Crippen LogP contribution in [0.1, 0.15) is 10.4 Å². The van der Waals surface area contributed by atoms with Crippen LogP contribution in [0.4, 0.5) is 0 Å². The van der Waals surface area contributed by atoms with E-state index in [9.17, 15) is 8.42 Å². The van der Waals surface area contributed by atoms with Crippen LogP contribution < -0.4 is 15.8 Å². The number of nitrogens with zero attached hydrogens (tertiary/aromatic N) is 1. The summed E-state index contributed by atoms with van der Waals surface area (Å²) in [4.78, 5) is 5.00. The number of guanidine groups is 1. The average Bonchev–Trinajstić information content (AvgIpc) is 3.00. The molecular weight excluding hydrogens is 495 g/mol. The number of halogens is 2. The molecule has 1 heterocycles. The fourth-order valence-electron chi connectivity index (χ4n) is 2.02. The van der Waals surface area contributed by atoms with E-state index in [0.717, 1.165) is 33.2 Å². The van der Waals surface area contributed by atoms with E-state index in [0.29, 0.717) is 19.0 Å². The van der Waals surface area contributed by atoms with Crippen molar-refractivity contribution in [3.63, 3.8) is 0 Å². The minimum atomic E-state index is -3.64. The zero-order valence-electron chi connectivity index (χ0n) is 13.5. The molecule has 1 aromatic heterocycles. The van der Waals surface area contributed by atoms with Crippen molar-refractivity contribution in [1.29, 1.82) is 0 Å². The van der Waals surface area contributed by atoms with Crippen molar-refractivity contribution in [2.45, 2.75) is 17.2 Å². The first-order valence-corrected chi connectivity index (χ1v) is 9.93. The molecule has 25 heavy (non-hydrogen) atoms. The van der Waals surface area contributed by atoms with Gasteiger partial charge in [-0.2, -0.15) is 0 Å². The molecule has 0 saturated carbocycles. The van der Waals surface area contributed by atoms with E-state index in [4.69, 9.17) is 16.7 Å². The van der Waals surface area contributed by atoms with Crippen LogP contribution in [0.25, 0.3) is 0 Å². The van der Waals surface area contributed by atoms with Gasteiger partial charge in [-0.25, -0.2) is 13.6 Å². The molecule has 0 radical (unpaired) electrons. The summed E-state index contributed by atoms with van der Waals surface area (Å²) in [7, 11) is -1.96. The second-order valence-corrected chi connectivity index (χ2v) is 8.39. The fourth-order valence-corrected chi connectivity index (χ4v) is 3.95. The molecule has 10 heteroatoms. The third-order valence-corrected chi connectivity index (χ3v) is 5.93. The molecule has 6 nitrogen and oxygen atoms in total. The van der Waals surface area contributed by atoms with Crippen LogP contribution >= 0.6 is 46.9 Å². The normalized spacial score (nSPS) is 11.7. The largest absolute Gasteiger partial charge is 0.356 e. The van der Waals surface area contributed by atoms with Crippen molar-refractivity contribution in [2.24, 2.45) is 10.1 Å². The van der Waals surface area contributed by atoms with Crippen LogP contribution in [-0.4, -0.2) is 28.0 Å². The highest BCUT2D eigenvalue weighted by Gasteiger charge is 2.11. The quantitative estimate of drug-likeness (QED) is 0.314. The summed E-state index contributed by atoms with van der Waals surface area (Å²) in [5, 5.41) is 12.2. The topological polar surface area (TPSA) is 96.6 Å². The van der Waals surface area contributed by atoms with Gasteiger partial charge in [-0.1, -0.05) is 23.7 Å². The van der Waals surface area contributed by atoms with Gasteiger partial charge in [0.1, 0.15) is 4.21 Å². The van der Waals surface area contributed by atoms with Gasteiger partial charge in [-0.05, 0) is 36.2 Å². The van der Waals surface area contributed by atoms with Gasteiger partial charge in [0.05, 0.1) is 6.54 Å². The predicted molar refractivity (Wildman–Crippen MR) is 114 cm³/mol. The van der Waals surface area contributed by atoms with Crippen LogP contribution in [0.2, 0.25) is 5.02 Å². The average molecular weight is 515 g/mol. The third-order valence-electron chi connectivity index (χ3n) is 3.17. The van der Waals surface area contributed by atoms with Gasteiger partial charge in [0.25, 0.3) is 0 Å². The Morgan fingerprint density at radius 3 is 2.64 bits per heavy atom. The molecule has 1 aromatic carbocycles. The Balaban J connectivity index is 0.00000312. The Bertz CT molecular complexity index is 824. The fraction of sp³-hybridized carbons (Fsp3) is 0.267. The summed E-state index contributed by atoms with van der Waals surface area (Å²) in [5.74, 6) is 0.641. The molecule has 0 bridgehead atoms. The Hall–Kier alpha value is -0.880. The van der Waals surface area contributed by atoms with E-state index in [-0.39, 0.29) is 28.2 Å². The maximum Gasteiger partial charge on any atom is 0.247 e. The molecule has 0 fully saturated rings. The van der Waals surface area contributed by atoms with Crippen molar-refractivity contribution in [2.75, 3.05) is 13.6 Å². The van der Waals surface area contributed by atoms with Crippen molar-refractivity contribution in [3.05, 3.63) is 51.9 Å². The number of hydrogen-bond donors (Lipinski definition) is 3. The minimum absolute atomic E-state index is 0. The number of primary sulfonamides is 1. The van der Waals surface area contributed by atoms with Crippen LogP contribution in [0.5, 0.6) is 0 Å². The molecule has 4 N–H and O–H groups in total. The molecule has 2 aromatic rings. The summed E-state index contributed by atoms with van der Waals surface area (Å²) >= 11 is 7.10. The smallest absolute Gasteiger partial charge is 0.247 e. The zero-order valence-corrected chi connectivity index (χ0v) is 18.2. The van der Waals surface area contributed by atoms with Crippen molar-refractivity contribution in [3.8, 4) is 0 Å². The Labute approximate surface area is 173 Å². The number of thiophene rings is 1. The third kappa shape index (κ3) is 7.48. The number of nitrogens with two attached hydrogens (primary N) is 1. The summed E-state index contributed by atoms with van der Waals surface area (Å²) in [6.45, 7) is 1.17. The highest BCUT2D eigenvalue weighted by molar-refractivity contribution is 14.0. The monoisotopic (exact) mass is 514 g/mol. The summed E-state index contributed by atoms with van der Waals surface area (Å²) in [6, 6.07) is 11.0. The Kier molecular flexibility index (Phi) is 9.14. The first-order chi connectivity index (χ1) is 11.4. The maximum atomic E-state index is 11.3. The molecule has 0 aliphatic heterocycles. The molecular formula is C15H20ClIN4O2S2. The Morgan fingerprint density at radius 2 is 2.04 bits per heavy atom. The highest BCUT2D eigenvalue weighted by Crippen LogP contribution is 2.19. The summed E-state index contributed by atoms with van der Waals surface area (Å²) < 4.78 is 22.7. The van der Waals surface area contributed by atoms with E-state index in [2.05, 4.69) is 15.6 Å². The number of aliphatic imine (C=N–C) groups is 1. The molecule has 0 aliphatic rings. The molecule has 0 amide bonds. The number of nitrogens with one attached hydrogen (secondary N) is 2. The number of rotatable bonds is 6. The van der Waals surface area contributed by atoms with Gasteiger partial charge in [0, 0.05) is 23.5 Å². The molecule has 0 atom stereocenters. The van der Waals surface area contributed by atoms with Crippen molar-refractivity contribution < 1.29 is 8.42 Å². The lowest BCUT2D eigenvalue weighted by Crippen LogP contribution is -2.37. The van der Waals surface area contributed by atoms with E-state index in [1.54, 1.807) is 13.1 Å². The lowest BCUT2D eigenvalue weighted by atomic mass is 10.1. The summed E-state index contributed by atoms with van der Waals surface area (Å²) in [6.07, 6.45) is 0.815. The van der Waals surface area contributed by atoms with E-state index in [1.165, 1.54) is 6.07 Å². The predicted octanol–water partition coefficient (Wildman–Crippen LogP) is 2.57. The van der Waals surface area contributed by atoms with Gasteiger partial charge >= 0.3 is 0 Å². The van der Waals surface area contributed by atoms with Crippen LogP contribution in [0.3, 0.4) is 0 Å². The van der Waals surface area contributed by atoms with Crippen LogP contribution in [0.15, 0.2) is 45.6 Å². The van der Waals surface area contributed by atoms with E-state index < -0.39 is 10.0 Å². The Morgan fingerprint density at radius 1 is 1.28 bits per heavy atom. The first-order valence-electron chi connectivity index (χ1n) is 7.19. The zero-order chi connectivity index (χ0) is 17.6. The van der Waals surface area contributed by atoms with Crippen LogP contribution in [-0.2, 0) is 23.0 Å².